The minimum absolute atomic E-state index is 0.0314. The Balaban J connectivity index is 2.07. The van der Waals surface area contributed by atoms with Crippen LogP contribution in [0.5, 0.6) is 0 Å². The molecule has 0 aliphatic heterocycles. The van der Waals surface area contributed by atoms with Crippen LogP contribution in [0.3, 0.4) is 0 Å². The molecule has 0 aliphatic rings. The van der Waals surface area contributed by atoms with Crippen LogP contribution in [0.25, 0.3) is 11.3 Å². The van der Waals surface area contributed by atoms with Crippen molar-refractivity contribution in [2.24, 2.45) is 11.3 Å². The second-order valence-corrected chi connectivity index (χ2v) is 10.0. The molecule has 1 aromatic carbocycles. The van der Waals surface area contributed by atoms with E-state index in [2.05, 4.69) is 42.1 Å². The van der Waals surface area contributed by atoms with Crippen LogP contribution >= 0.6 is 0 Å². The molecule has 2 aromatic rings. The van der Waals surface area contributed by atoms with Crippen LogP contribution in [0, 0.1) is 11.3 Å². The molecule has 2 rings (SSSR count). The van der Waals surface area contributed by atoms with Crippen LogP contribution in [0.4, 0.5) is 4.79 Å². The molecule has 1 amide bonds. The Morgan fingerprint density at radius 1 is 1.25 bits per heavy atom. The molecule has 0 spiro atoms. The normalized spacial score (nSPS) is 14.0. The molecule has 0 fully saturated rings. The van der Waals surface area contributed by atoms with Gasteiger partial charge in [-0.25, -0.2) is 9.78 Å². The van der Waals surface area contributed by atoms with E-state index in [1.807, 2.05) is 51.2 Å². The van der Waals surface area contributed by atoms with Gasteiger partial charge in [0.1, 0.15) is 5.60 Å². The summed E-state index contributed by atoms with van der Waals surface area (Å²) in [5, 5.41) is 11.2. The lowest BCUT2D eigenvalue weighted by Gasteiger charge is -2.40. The molecule has 1 N–H and O–H groups in total. The van der Waals surface area contributed by atoms with Gasteiger partial charge in [0.25, 0.3) is 0 Å². The number of aliphatic hydroxyl groups is 1. The van der Waals surface area contributed by atoms with Gasteiger partial charge in [-0.3, -0.25) is 0 Å². The van der Waals surface area contributed by atoms with E-state index in [4.69, 9.17) is 4.74 Å². The highest BCUT2D eigenvalue weighted by Gasteiger charge is 2.37. The van der Waals surface area contributed by atoms with E-state index in [9.17, 15) is 9.90 Å². The smallest absolute Gasteiger partial charge is 0.410 e. The van der Waals surface area contributed by atoms with Crippen molar-refractivity contribution in [2.75, 3.05) is 13.6 Å². The summed E-state index contributed by atoms with van der Waals surface area (Å²) < 4.78 is 7.57. The van der Waals surface area contributed by atoms with E-state index in [-0.39, 0.29) is 12.0 Å². The lowest BCUT2D eigenvalue weighted by Crippen LogP contribution is -2.44. The Morgan fingerprint density at radius 3 is 2.50 bits per heavy atom. The molecule has 32 heavy (non-hydrogen) atoms. The number of rotatable bonds is 10. The number of aliphatic hydroxyl groups excluding tert-OH is 1. The average Bonchev–Trinajstić information content (AvgIpc) is 3.19. The second kappa shape index (κ2) is 10.8. The topological polar surface area (TPSA) is 67.6 Å². The fraction of sp³-hybridized carbons (Fsp3) is 0.538. The monoisotopic (exact) mass is 441 g/mol. The average molecular weight is 442 g/mol. The molecule has 6 nitrogen and oxygen atoms in total. The maximum atomic E-state index is 12.5. The third-order valence-electron chi connectivity index (χ3n) is 5.99. The van der Waals surface area contributed by atoms with Gasteiger partial charge in [0.15, 0.2) is 0 Å². The number of carbonyl (C=O) groups is 1. The molecule has 0 bridgehead atoms. The van der Waals surface area contributed by atoms with Crippen molar-refractivity contribution in [3.8, 4) is 11.3 Å². The zero-order valence-corrected chi connectivity index (χ0v) is 20.4. The van der Waals surface area contributed by atoms with Crippen LogP contribution in [0.15, 0.2) is 55.5 Å². The summed E-state index contributed by atoms with van der Waals surface area (Å²) in [6.45, 7) is 14.7. The number of hydrogen-bond donors (Lipinski definition) is 1. The molecule has 6 heteroatoms. The summed E-state index contributed by atoms with van der Waals surface area (Å²) in [6, 6.07) is 10.1. The van der Waals surface area contributed by atoms with Gasteiger partial charge in [-0.1, -0.05) is 50.3 Å². The maximum absolute atomic E-state index is 12.5. The number of amides is 1. The van der Waals surface area contributed by atoms with Crippen molar-refractivity contribution in [1.82, 2.24) is 14.5 Å². The highest BCUT2D eigenvalue weighted by atomic mass is 16.6. The number of imidazole rings is 1. The highest BCUT2D eigenvalue weighted by molar-refractivity contribution is 5.67. The first kappa shape index (κ1) is 25.7. The van der Waals surface area contributed by atoms with E-state index in [1.54, 1.807) is 18.3 Å². The minimum Gasteiger partial charge on any atom is -0.444 e. The summed E-state index contributed by atoms with van der Waals surface area (Å²) in [4.78, 5) is 18.3. The summed E-state index contributed by atoms with van der Waals surface area (Å²) in [7, 11) is 1.74. The van der Waals surface area contributed by atoms with Crippen molar-refractivity contribution < 1.29 is 14.6 Å². The molecule has 1 heterocycles. The van der Waals surface area contributed by atoms with E-state index >= 15 is 0 Å². The van der Waals surface area contributed by atoms with Gasteiger partial charge in [-0.05, 0) is 50.5 Å². The number of ether oxygens (including phenoxy) is 1. The maximum Gasteiger partial charge on any atom is 0.410 e. The Bertz CT molecular complexity index is 868. The summed E-state index contributed by atoms with van der Waals surface area (Å²) in [5.74, 6) is 0.0314. The van der Waals surface area contributed by atoms with E-state index in [1.165, 1.54) is 0 Å². The second-order valence-electron chi connectivity index (χ2n) is 10.0. The fourth-order valence-electron chi connectivity index (χ4n) is 3.81. The lowest BCUT2D eigenvalue weighted by atomic mass is 9.71. The molecular formula is C26H39N3O3. The van der Waals surface area contributed by atoms with E-state index in [0.717, 1.165) is 11.3 Å². The fourth-order valence-corrected chi connectivity index (χ4v) is 3.81. The number of nitrogens with zero attached hydrogens (tertiary/aromatic N) is 3. The van der Waals surface area contributed by atoms with Crippen LogP contribution in [0.2, 0.25) is 0 Å². The van der Waals surface area contributed by atoms with Crippen molar-refractivity contribution in [3.05, 3.63) is 55.5 Å². The zero-order valence-electron chi connectivity index (χ0n) is 20.4. The zero-order chi connectivity index (χ0) is 23.9. The van der Waals surface area contributed by atoms with Crippen LogP contribution in [-0.4, -0.2) is 50.9 Å². The summed E-state index contributed by atoms with van der Waals surface area (Å²) >= 11 is 0. The lowest BCUT2D eigenvalue weighted by molar-refractivity contribution is -0.0172. The number of benzene rings is 1. The number of aromatic nitrogens is 2. The molecule has 2 atom stereocenters. The number of aryl methyl sites for hydroxylation is 1. The van der Waals surface area contributed by atoms with Gasteiger partial charge in [-0.15, -0.1) is 6.58 Å². The predicted molar refractivity (Wildman–Crippen MR) is 129 cm³/mol. The van der Waals surface area contributed by atoms with Crippen molar-refractivity contribution >= 4 is 6.09 Å². The molecule has 176 valence electrons. The first-order valence-electron chi connectivity index (χ1n) is 11.2. The Kier molecular flexibility index (Phi) is 8.67. The molecule has 0 saturated heterocycles. The molecule has 2 unspecified atom stereocenters. The third kappa shape index (κ3) is 6.95. The van der Waals surface area contributed by atoms with Crippen LogP contribution in [0.1, 0.15) is 47.5 Å². The largest absolute Gasteiger partial charge is 0.444 e. The summed E-state index contributed by atoms with van der Waals surface area (Å²) in [5.41, 5.74) is 1.15. The minimum atomic E-state index is -0.564. The highest BCUT2D eigenvalue weighted by Crippen LogP contribution is 2.36. The van der Waals surface area contributed by atoms with Crippen LogP contribution in [-0.2, 0) is 11.3 Å². The first-order valence-corrected chi connectivity index (χ1v) is 11.2. The molecule has 1 aromatic heterocycles. The predicted octanol–water partition coefficient (Wildman–Crippen LogP) is 5.39. The standard InChI is InChI=1S/C26H39N3O3/c1-8-12-21(18-28(7)24(31)32-25(2,3)4)26(5,6)23(30)15-16-29-19-27-17-22(29)20-13-10-9-11-14-20/h8-11,13-14,17,19,21,23,30H,1,12,15-16,18H2,2-7H3. The van der Waals surface area contributed by atoms with E-state index in [0.29, 0.717) is 25.9 Å². The van der Waals surface area contributed by atoms with E-state index < -0.39 is 17.1 Å². The Morgan fingerprint density at radius 2 is 1.91 bits per heavy atom. The number of hydrogen-bond acceptors (Lipinski definition) is 4. The van der Waals surface area contributed by atoms with Gasteiger partial charge in [-0.2, -0.15) is 0 Å². The number of carbonyl (C=O) groups excluding carboxylic acids is 1. The van der Waals surface area contributed by atoms with Crippen molar-refractivity contribution in [3.63, 3.8) is 0 Å². The summed E-state index contributed by atoms with van der Waals surface area (Å²) in [6.07, 6.45) is 5.85. The van der Waals surface area contributed by atoms with Gasteiger partial charge in [0, 0.05) is 20.1 Å². The molecule has 0 saturated carbocycles. The van der Waals surface area contributed by atoms with Crippen molar-refractivity contribution in [2.45, 2.75) is 65.7 Å². The first-order chi connectivity index (χ1) is 15.0. The SMILES string of the molecule is C=CCC(CN(C)C(=O)OC(C)(C)C)C(C)(C)C(O)CCn1cncc1-c1ccccc1. The number of allylic oxidation sites excluding steroid dienone is 1. The van der Waals surface area contributed by atoms with Gasteiger partial charge in [0.2, 0.25) is 0 Å². The van der Waals surface area contributed by atoms with Crippen LogP contribution < -0.4 is 0 Å². The molecular weight excluding hydrogens is 402 g/mol. The van der Waals surface area contributed by atoms with Gasteiger partial charge < -0.3 is 19.3 Å². The third-order valence-corrected chi connectivity index (χ3v) is 5.99. The Labute approximate surface area is 192 Å². The van der Waals surface area contributed by atoms with Gasteiger partial charge >= 0.3 is 6.09 Å². The quantitative estimate of drug-likeness (QED) is 0.502. The molecule has 0 radical (unpaired) electrons. The van der Waals surface area contributed by atoms with Gasteiger partial charge in [0.05, 0.1) is 24.3 Å². The molecule has 0 aliphatic carbocycles. The van der Waals surface area contributed by atoms with Crippen molar-refractivity contribution in [1.29, 1.82) is 0 Å². The Hall–Kier alpha value is -2.60.